The first kappa shape index (κ1) is 17.8. The monoisotopic (exact) mass is 326 g/mol. The smallest absolute Gasteiger partial charge is 0.241 e. The number of rotatable bonds is 6. The molecule has 0 amide bonds. The van der Waals surface area contributed by atoms with Crippen LogP contribution in [0.3, 0.4) is 0 Å². The third-order valence-electron chi connectivity index (χ3n) is 3.86. The molecular weight excluding hydrogens is 296 g/mol. The van der Waals surface area contributed by atoms with E-state index in [9.17, 15) is 0 Å². The molecule has 0 N–H and O–H groups in total. The molecule has 2 rings (SSSR count). The van der Waals surface area contributed by atoms with Gasteiger partial charge >= 0.3 is 0 Å². The predicted octanol–water partition coefficient (Wildman–Crippen LogP) is 6.70. The molecule has 124 valence electrons. The van der Waals surface area contributed by atoms with E-state index >= 15 is 0 Å². The van der Waals surface area contributed by atoms with Crippen molar-refractivity contribution in [1.29, 1.82) is 0 Å². The lowest BCUT2D eigenvalue weighted by Gasteiger charge is -2.24. The quantitative estimate of drug-likeness (QED) is 0.417. The highest BCUT2D eigenvalue weighted by atomic mass is 28.4. The van der Waals surface area contributed by atoms with Crippen molar-refractivity contribution in [2.75, 3.05) is 0 Å². The van der Waals surface area contributed by atoms with Gasteiger partial charge < -0.3 is 4.43 Å². The fourth-order valence-corrected chi connectivity index (χ4v) is 3.78. The van der Waals surface area contributed by atoms with Crippen LogP contribution in [0.5, 0.6) is 0 Å². The molecule has 0 radical (unpaired) electrons. The minimum Gasteiger partial charge on any atom is -0.547 e. The Morgan fingerprint density at radius 2 is 1.87 bits per heavy atom. The van der Waals surface area contributed by atoms with Gasteiger partial charge in [0, 0.05) is 12.0 Å². The standard InChI is InChI=1S/C21H30OSi/c1-5-6-12-20(19-13-8-7-9-14-19)16-18-11-10-15-21(17-18)22-23(2,3)4/h7-9,13-14,17H,5-6,10-12,15H2,1-4H3. The van der Waals surface area contributed by atoms with Crippen molar-refractivity contribution in [2.45, 2.75) is 65.1 Å². The molecule has 2 heteroatoms. The zero-order valence-corrected chi connectivity index (χ0v) is 16.1. The van der Waals surface area contributed by atoms with Gasteiger partial charge in [-0.3, -0.25) is 0 Å². The second-order valence-corrected chi connectivity index (χ2v) is 11.7. The second kappa shape index (κ2) is 8.38. The van der Waals surface area contributed by atoms with E-state index < -0.39 is 8.32 Å². The van der Waals surface area contributed by atoms with Gasteiger partial charge in [0.15, 0.2) is 0 Å². The molecule has 0 heterocycles. The van der Waals surface area contributed by atoms with Gasteiger partial charge in [-0.2, -0.15) is 0 Å². The van der Waals surface area contributed by atoms with Gasteiger partial charge in [-0.05, 0) is 62.5 Å². The number of benzene rings is 1. The SMILES string of the molecule is CCCCC(=C=C1C=C(O[Si](C)(C)C)CCC1)c1ccccc1. The highest BCUT2D eigenvalue weighted by molar-refractivity contribution is 6.70. The Kier molecular flexibility index (Phi) is 6.50. The molecule has 1 aromatic carbocycles. The molecule has 0 fully saturated rings. The lowest BCUT2D eigenvalue weighted by molar-refractivity contribution is 0.388. The molecule has 0 aromatic heterocycles. The van der Waals surface area contributed by atoms with Crippen molar-refractivity contribution in [3.8, 4) is 0 Å². The van der Waals surface area contributed by atoms with E-state index in [2.05, 4.69) is 68.7 Å². The molecule has 0 bridgehead atoms. The Hall–Kier alpha value is -1.50. The van der Waals surface area contributed by atoms with Crippen LogP contribution >= 0.6 is 0 Å². The minimum absolute atomic E-state index is 1.07. The molecule has 0 saturated heterocycles. The Labute approximate surface area is 142 Å². The van der Waals surface area contributed by atoms with Gasteiger partial charge in [-0.1, -0.05) is 43.7 Å². The van der Waals surface area contributed by atoms with Crippen molar-refractivity contribution in [3.63, 3.8) is 0 Å². The summed E-state index contributed by atoms with van der Waals surface area (Å²) in [5.74, 6) is 1.17. The van der Waals surface area contributed by atoms with Crippen LogP contribution in [0.15, 0.2) is 53.5 Å². The molecule has 0 unspecified atom stereocenters. The summed E-state index contributed by atoms with van der Waals surface area (Å²) in [7, 11) is -1.52. The van der Waals surface area contributed by atoms with Crippen LogP contribution in [0.4, 0.5) is 0 Å². The Balaban J connectivity index is 2.34. The summed E-state index contributed by atoms with van der Waals surface area (Å²) in [6.45, 7) is 8.99. The topological polar surface area (TPSA) is 9.23 Å². The highest BCUT2D eigenvalue weighted by Gasteiger charge is 2.19. The van der Waals surface area contributed by atoms with Crippen LogP contribution in [0, 0.1) is 0 Å². The fourth-order valence-electron chi connectivity index (χ4n) is 2.83. The van der Waals surface area contributed by atoms with Crippen LogP contribution in [0.1, 0.15) is 51.0 Å². The average molecular weight is 327 g/mol. The summed E-state index contributed by atoms with van der Waals surface area (Å²) in [6, 6.07) is 10.7. The van der Waals surface area contributed by atoms with Gasteiger partial charge in [0.25, 0.3) is 0 Å². The molecule has 1 aliphatic rings. The maximum absolute atomic E-state index is 6.21. The predicted molar refractivity (Wildman–Crippen MR) is 103 cm³/mol. The number of hydrogen-bond acceptors (Lipinski definition) is 1. The normalized spacial score (nSPS) is 15.0. The summed E-state index contributed by atoms with van der Waals surface area (Å²) in [6.07, 6.45) is 9.14. The lowest BCUT2D eigenvalue weighted by Crippen LogP contribution is -2.25. The molecule has 23 heavy (non-hydrogen) atoms. The van der Waals surface area contributed by atoms with E-state index in [1.165, 1.54) is 41.7 Å². The Morgan fingerprint density at radius 3 is 2.52 bits per heavy atom. The van der Waals surface area contributed by atoms with Crippen LogP contribution < -0.4 is 0 Å². The zero-order valence-electron chi connectivity index (χ0n) is 15.1. The fraction of sp³-hybridized carbons (Fsp3) is 0.476. The van der Waals surface area contributed by atoms with Gasteiger partial charge in [0.1, 0.15) is 0 Å². The molecule has 0 atom stereocenters. The van der Waals surface area contributed by atoms with Crippen LogP contribution in [-0.2, 0) is 4.43 Å². The van der Waals surface area contributed by atoms with E-state index in [0.29, 0.717) is 0 Å². The van der Waals surface area contributed by atoms with Crippen LogP contribution in [-0.4, -0.2) is 8.32 Å². The number of hydrogen-bond donors (Lipinski definition) is 0. The van der Waals surface area contributed by atoms with E-state index in [4.69, 9.17) is 4.43 Å². The van der Waals surface area contributed by atoms with Gasteiger partial charge in [-0.25, -0.2) is 0 Å². The summed E-state index contributed by atoms with van der Waals surface area (Å²) in [5, 5.41) is 0. The molecule has 1 aliphatic carbocycles. The van der Waals surface area contributed by atoms with Crippen LogP contribution in [0.25, 0.3) is 5.57 Å². The summed E-state index contributed by atoms with van der Waals surface area (Å²) in [5.41, 5.74) is 7.67. The number of unbranched alkanes of at least 4 members (excludes halogenated alkanes) is 1. The maximum atomic E-state index is 6.21. The van der Waals surface area contributed by atoms with Crippen LogP contribution in [0.2, 0.25) is 19.6 Å². The third kappa shape index (κ3) is 6.25. The summed E-state index contributed by atoms with van der Waals surface area (Å²) in [4.78, 5) is 0. The summed E-state index contributed by atoms with van der Waals surface area (Å²) < 4.78 is 6.21. The first-order valence-corrected chi connectivity index (χ1v) is 12.3. The second-order valence-electron chi connectivity index (χ2n) is 7.28. The molecular formula is C21H30OSi. The van der Waals surface area contributed by atoms with E-state index in [0.717, 1.165) is 19.3 Å². The minimum atomic E-state index is -1.52. The first-order valence-electron chi connectivity index (χ1n) is 8.91. The van der Waals surface area contributed by atoms with Crippen molar-refractivity contribution in [3.05, 3.63) is 59.0 Å². The largest absolute Gasteiger partial charge is 0.547 e. The van der Waals surface area contributed by atoms with Gasteiger partial charge in [0.2, 0.25) is 8.32 Å². The third-order valence-corrected chi connectivity index (χ3v) is 4.73. The van der Waals surface area contributed by atoms with E-state index in [1.54, 1.807) is 0 Å². The molecule has 0 spiro atoms. The summed E-state index contributed by atoms with van der Waals surface area (Å²) >= 11 is 0. The Morgan fingerprint density at radius 1 is 1.13 bits per heavy atom. The maximum Gasteiger partial charge on any atom is 0.241 e. The first-order chi connectivity index (χ1) is 11.0. The zero-order chi connectivity index (χ0) is 16.7. The molecule has 1 aromatic rings. The molecule has 0 aliphatic heterocycles. The molecule has 0 saturated carbocycles. The van der Waals surface area contributed by atoms with Crippen molar-refractivity contribution < 1.29 is 4.43 Å². The van der Waals surface area contributed by atoms with E-state index in [-0.39, 0.29) is 0 Å². The van der Waals surface area contributed by atoms with E-state index in [1.807, 2.05) is 0 Å². The highest BCUT2D eigenvalue weighted by Crippen LogP contribution is 2.27. The Bertz CT molecular complexity index is 598. The van der Waals surface area contributed by atoms with Crippen molar-refractivity contribution >= 4 is 13.9 Å². The van der Waals surface area contributed by atoms with Crippen molar-refractivity contribution in [1.82, 2.24) is 0 Å². The molecule has 1 nitrogen and oxygen atoms in total. The van der Waals surface area contributed by atoms with Gasteiger partial charge in [0.05, 0.1) is 5.76 Å². The lowest BCUT2D eigenvalue weighted by atomic mass is 9.96. The van der Waals surface area contributed by atoms with Crippen molar-refractivity contribution in [2.24, 2.45) is 0 Å². The van der Waals surface area contributed by atoms with Gasteiger partial charge in [-0.15, -0.1) is 5.73 Å². The average Bonchev–Trinajstić information content (AvgIpc) is 2.51. The number of allylic oxidation sites excluding steroid dienone is 3.